The fourth-order valence-corrected chi connectivity index (χ4v) is 2.48. The van der Waals surface area contributed by atoms with E-state index in [-0.39, 0.29) is 12.1 Å². The minimum Gasteiger partial charge on any atom is -0.494 e. The van der Waals surface area contributed by atoms with Crippen LogP contribution in [0.1, 0.15) is 37.3 Å². The van der Waals surface area contributed by atoms with E-state index in [1.165, 1.54) is 36.8 Å². The van der Waals surface area contributed by atoms with Crippen molar-refractivity contribution in [3.05, 3.63) is 29.3 Å². The summed E-state index contributed by atoms with van der Waals surface area (Å²) in [6, 6.07) is 6.46. The van der Waals surface area contributed by atoms with E-state index in [2.05, 4.69) is 23.5 Å². The Balaban J connectivity index is 1.90. The fraction of sp³-hybridized carbons (Fsp3) is 0.625. The molecule has 0 radical (unpaired) electrons. The van der Waals surface area contributed by atoms with Crippen molar-refractivity contribution in [2.75, 3.05) is 20.3 Å². The number of aliphatic hydroxyl groups is 1. The van der Waals surface area contributed by atoms with E-state index in [0.717, 1.165) is 12.2 Å². The quantitative estimate of drug-likeness (QED) is 0.827. The average Bonchev–Trinajstić information content (AvgIpc) is 2.47. The van der Waals surface area contributed by atoms with Crippen molar-refractivity contribution in [3.63, 3.8) is 0 Å². The highest BCUT2D eigenvalue weighted by Gasteiger charge is 2.20. The number of aliphatic hydroxyl groups excluding tert-OH is 1. The number of aryl methyl sites for hydroxylation is 2. The monoisotopic (exact) mass is 263 g/mol. The summed E-state index contributed by atoms with van der Waals surface area (Å²) >= 11 is 0. The molecule has 0 fully saturated rings. The Morgan fingerprint density at radius 3 is 2.68 bits per heavy atom. The summed E-state index contributed by atoms with van der Waals surface area (Å²) in [5.74, 6) is 0.956. The van der Waals surface area contributed by atoms with Gasteiger partial charge in [0, 0.05) is 12.0 Å². The van der Waals surface area contributed by atoms with Crippen molar-refractivity contribution in [1.29, 1.82) is 0 Å². The van der Waals surface area contributed by atoms with Crippen LogP contribution in [0.15, 0.2) is 18.2 Å². The number of hydrogen-bond donors (Lipinski definition) is 2. The first-order chi connectivity index (χ1) is 9.17. The summed E-state index contributed by atoms with van der Waals surface area (Å²) in [6.07, 6.45) is 5.77. The second kappa shape index (κ2) is 6.40. The number of fused-ring (bicyclic) bond motifs is 1. The third-order valence-corrected chi connectivity index (χ3v) is 4.20. The molecular weight excluding hydrogens is 238 g/mol. The predicted molar refractivity (Wildman–Crippen MR) is 77.7 cm³/mol. The van der Waals surface area contributed by atoms with Gasteiger partial charge in [-0.1, -0.05) is 6.07 Å². The Kier molecular flexibility index (Phi) is 4.83. The molecule has 0 aromatic heterocycles. The molecule has 1 aliphatic rings. The molecule has 0 saturated carbocycles. The van der Waals surface area contributed by atoms with Gasteiger partial charge in [-0.3, -0.25) is 0 Å². The summed E-state index contributed by atoms with van der Waals surface area (Å²) < 4.78 is 5.82. The van der Waals surface area contributed by atoms with Crippen molar-refractivity contribution in [2.45, 2.75) is 44.6 Å². The van der Waals surface area contributed by atoms with E-state index in [1.54, 1.807) is 0 Å². The van der Waals surface area contributed by atoms with Crippen molar-refractivity contribution >= 4 is 0 Å². The van der Waals surface area contributed by atoms with Crippen LogP contribution in [0.5, 0.6) is 5.75 Å². The lowest BCUT2D eigenvalue weighted by atomic mass is 9.92. The molecule has 0 saturated heterocycles. The third-order valence-electron chi connectivity index (χ3n) is 4.20. The van der Waals surface area contributed by atoms with E-state index in [4.69, 9.17) is 4.74 Å². The lowest BCUT2D eigenvalue weighted by molar-refractivity contribution is 0.151. The SMILES string of the molecule is CNC(C)(CO)CCOc1ccc2c(c1)CCCC2. The first-order valence-corrected chi connectivity index (χ1v) is 7.21. The fourth-order valence-electron chi connectivity index (χ4n) is 2.48. The van der Waals surface area contributed by atoms with E-state index in [9.17, 15) is 5.11 Å². The maximum absolute atomic E-state index is 9.32. The molecule has 2 rings (SSSR count). The lowest BCUT2D eigenvalue weighted by Crippen LogP contribution is -2.44. The maximum Gasteiger partial charge on any atom is 0.119 e. The Morgan fingerprint density at radius 1 is 1.26 bits per heavy atom. The summed E-state index contributed by atoms with van der Waals surface area (Å²) in [6.45, 7) is 2.75. The number of ether oxygens (including phenoxy) is 1. The summed E-state index contributed by atoms with van der Waals surface area (Å²) in [4.78, 5) is 0. The topological polar surface area (TPSA) is 41.5 Å². The second-order valence-corrected chi connectivity index (χ2v) is 5.70. The minimum absolute atomic E-state index is 0.122. The molecule has 3 heteroatoms. The van der Waals surface area contributed by atoms with Crippen LogP contribution in [0, 0.1) is 0 Å². The molecule has 0 heterocycles. The van der Waals surface area contributed by atoms with Gasteiger partial charge in [-0.25, -0.2) is 0 Å². The Labute approximate surface area is 116 Å². The molecule has 1 aliphatic carbocycles. The Bertz CT molecular complexity index is 413. The predicted octanol–water partition coefficient (Wildman–Crippen LogP) is 2.30. The van der Waals surface area contributed by atoms with Gasteiger partial charge in [0.2, 0.25) is 0 Å². The largest absolute Gasteiger partial charge is 0.494 e. The summed E-state index contributed by atoms with van der Waals surface area (Å²) in [5.41, 5.74) is 2.67. The van der Waals surface area contributed by atoms with Crippen LogP contribution in [0.3, 0.4) is 0 Å². The smallest absolute Gasteiger partial charge is 0.119 e. The van der Waals surface area contributed by atoms with Crippen LogP contribution < -0.4 is 10.1 Å². The van der Waals surface area contributed by atoms with Gasteiger partial charge in [0.25, 0.3) is 0 Å². The lowest BCUT2D eigenvalue weighted by Gasteiger charge is -2.26. The van der Waals surface area contributed by atoms with Crippen LogP contribution in [0.2, 0.25) is 0 Å². The molecule has 0 bridgehead atoms. The number of benzene rings is 1. The molecule has 0 spiro atoms. The molecule has 2 N–H and O–H groups in total. The average molecular weight is 263 g/mol. The first-order valence-electron chi connectivity index (χ1n) is 7.21. The summed E-state index contributed by atoms with van der Waals surface area (Å²) in [7, 11) is 1.87. The zero-order valence-electron chi connectivity index (χ0n) is 12.0. The van der Waals surface area contributed by atoms with E-state index in [0.29, 0.717) is 6.61 Å². The van der Waals surface area contributed by atoms with Gasteiger partial charge >= 0.3 is 0 Å². The molecule has 106 valence electrons. The molecule has 1 aromatic carbocycles. The molecule has 1 aromatic rings. The van der Waals surface area contributed by atoms with Crippen molar-refractivity contribution in [1.82, 2.24) is 5.32 Å². The van der Waals surface area contributed by atoms with Crippen molar-refractivity contribution in [2.24, 2.45) is 0 Å². The van der Waals surface area contributed by atoms with Crippen molar-refractivity contribution < 1.29 is 9.84 Å². The van der Waals surface area contributed by atoms with Gasteiger partial charge in [-0.2, -0.15) is 0 Å². The highest BCUT2D eigenvalue weighted by molar-refractivity contribution is 5.37. The minimum atomic E-state index is -0.256. The number of likely N-dealkylation sites (N-methyl/N-ethyl adjacent to an activating group) is 1. The van der Waals surface area contributed by atoms with Crippen LogP contribution in [-0.2, 0) is 12.8 Å². The molecule has 1 unspecified atom stereocenters. The van der Waals surface area contributed by atoms with Gasteiger partial charge in [-0.15, -0.1) is 0 Å². The Hall–Kier alpha value is -1.06. The molecular formula is C16H25NO2. The second-order valence-electron chi connectivity index (χ2n) is 5.70. The normalized spacial score (nSPS) is 17.6. The van der Waals surface area contributed by atoms with Gasteiger partial charge in [0.05, 0.1) is 13.2 Å². The molecule has 0 aliphatic heterocycles. The summed E-state index contributed by atoms with van der Waals surface area (Å²) in [5, 5.41) is 12.5. The molecule has 3 nitrogen and oxygen atoms in total. The molecule has 0 amide bonds. The first kappa shape index (κ1) is 14.4. The molecule has 19 heavy (non-hydrogen) atoms. The number of rotatable bonds is 6. The number of hydrogen-bond acceptors (Lipinski definition) is 3. The van der Waals surface area contributed by atoms with Gasteiger partial charge in [-0.05, 0) is 62.9 Å². The van der Waals surface area contributed by atoms with Gasteiger partial charge in [0.1, 0.15) is 5.75 Å². The van der Waals surface area contributed by atoms with Crippen LogP contribution >= 0.6 is 0 Å². The Morgan fingerprint density at radius 2 is 2.00 bits per heavy atom. The van der Waals surface area contributed by atoms with E-state index in [1.807, 2.05) is 14.0 Å². The van der Waals surface area contributed by atoms with Gasteiger partial charge < -0.3 is 15.2 Å². The zero-order chi connectivity index (χ0) is 13.7. The highest BCUT2D eigenvalue weighted by atomic mass is 16.5. The van der Waals surface area contributed by atoms with Crippen LogP contribution in [-0.4, -0.2) is 30.9 Å². The highest BCUT2D eigenvalue weighted by Crippen LogP contribution is 2.25. The third kappa shape index (κ3) is 3.71. The zero-order valence-corrected chi connectivity index (χ0v) is 12.0. The maximum atomic E-state index is 9.32. The van der Waals surface area contributed by atoms with Gasteiger partial charge in [0.15, 0.2) is 0 Å². The van der Waals surface area contributed by atoms with Crippen LogP contribution in [0.4, 0.5) is 0 Å². The van der Waals surface area contributed by atoms with Crippen LogP contribution in [0.25, 0.3) is 0 Å². The standard InChI is InChI=1S/C16H25NO2/c1-16(12-18,17-2)9-10-19-15-8-7-13-5-3-4-6-14(13)11-15/h7-8,11,17-18H,3-6,9-10,12H2,1-2H3. The number of nitrogens with one attached hydrogen (secondary N) is 1. The van der Waals surface area contributed by atoms with E-state index >= 15 is 0 Å². The molecule has 1 atom stereocenters. The van der Waals surface area contributed by atoms with Crippen molar-refractivity contribution in [3.8, 4) is 5.75 Å². The van der Waals surface area contributed by atoms with E-state index < -0.39 is 0 Å².